The van der Waals surface area contributed by atoms with Crippen molar-refractivity contribution in [1.29, 1.82) is 0 Å². The molecule has 0 bridgehead atoms. The van der Waals surface area contributed by atoms with Crippen LogP contribution in [0.15, 0.2) is 36.5 Å². The normalized spacial score (nSPS) is 12.7. The molecule has 0 aliphatic heterocycles. The molecule has 6 heteroatoms. The van der Waals surface area contributed by atoms with Gasteiger partial charge in [-0.25, -0.2) is 0 Å². The van der Waals surface area contributed by atoms with Crippen LogP contribution in [-0.4, -0.2) is 47.4 Å². The lowest BCUT2D eigenvalue weighted by atomic mass is 10.0. The first kappa shape index (κ1) is 82.1. The average molecular weight is 1180 g/mol. The molecule has 2 unspecified atom stereocenters. The molecule has 2 atom stereocenters. The third-order valence-electron chi connectivity index (χ3n) is 17.9. The van der Waals surface area contributed by atoms with Gasteiger partial charge in [-0.1, -0.05) is 384 Å². The van der Waals surface area contributed by atoms with Gasteiger partial charge in [-0.3, -0.25) is 9.59 Å². The van der Waals surface area contributed by atoms with Crippen LogP contribution in [0.3, 0.4) is 0 Å². The highest BCUT2D eigenvalue weighted by atomic mass is 16.5. The van der Waals surface area contributed by atoms with Crippen LogP contribution in [0.1, 0.15) is 425 Å². The van der Waals surface area contributed by atoms with Gasteiger partial charge >= 0.3 is 5.97 Å². The summed E-state index contributed by atoms with van der Waals surface area (Å²) in [7, 11) is 0. The van der Waals surface area contributed by atoms with Crippen molar-refractivity contribution in [3.05, 3.63) is 36.5 Å². The van der Waals surface area contributed by atoms with Crippen molar-refractivity contribution in [3.63, 3.8) is 0 Å². The highest BCUT2D eigenvalue weighted by molar-refractivity contribution is 5.76. The van der Waals surface area contributed by atoms with Crippen molar-refractivity contribution < 1.29 is 24.5 Å². The summed E-state index contributed by atoms with van der Waals surface area (Å²) in [5.41, 5.74) is 0. The van der Waals surface area contributed by atoms with Gasteiger partial charge in [-0.2, -0.15) is 0 Å². The molecule has 0 radical (unpaired) electrons. The maximum Gasteiger partial charge on any atom is 0.305 e. The van der Waals surface area contributed by atoms with Gasteiger partial charge in [0.15, 0.2) is 0 Å². The number of carbonyl (C=O) groups excluding carboxylic acids is 2. The van der Waals surface area contributed by atoms with E-state index in [4.69, 9.17) is 4.74 Å². The molecule has 0 heterocycles. The minimum absolute atomic E-state index is 0.0111. The smallest absolute Gasteiger partial charge is 0.305 e. The summed E-state index contributed by atoms with van der Waals surface area (Å²) in [5.74, 6) is -0.0498. The Labute approximate surface area is 525 Å². The molecule has 0 aliphatic carbocycles. The summed E-state index contributed by atoms with van der Waals surface area (Å²) in [5, 5.41) is 23.3. The Balaban J connectivity index is 3.37. The van der Waals surface area contributed by atoms with Gasteiger partial charge in [0, 0.05) is 12.8 Å². The van der Waals surface area contributed by atoms with Gasteiger partial charge in [0.25, 0.3) is 0 Å². The van der Waals surface area contributed by atoms with E-state index in [1.165, 1.54) is 347 Å². The lowest BCUT2D eigenvalue weighted by molar-refractivity contribution is -0.143. The third kappa shape index (κ3) is 69.2. The Kier molecular flexibility index (Phi) is 71.9. The molecular weight excluding hydrogens is 1030 g/mol. The summed E-state index contributed by atoms with van der Waals surface area (Å²) in [6.45, 7) is 4.93. The molecule has 0 saturated carbocycles. The Morgan fingerprint density at radius 2 is 0.595 bits per heavy atom. The Morgan fingerprint density at radius 3 is 0.917 bits per heavy atom. The van der Waals surface area contributed by atoms with E-state index in [0.29, 0.717) is 19.4 Å². The van der Waals surface area contributed by atoms with E-state index in [1.807, 2.05) is 6.08 Å². The summed E-state index contributed by atoms with van der Waals surface area (Å²) in [4.78, 5) is 24.7. The fourth-order valence-corrected chi connectivity index (χ4v) is 12.1. The zero-order chi connectivity index (χ0) is 60.6. The summed E-state index contributed by atoms with van der Waals surface area (Å²) in [6.07, 6.45) is 95.3. The molecule has 0 fully saturated rings. The first-order valence-corrected chi connectivity index (χ1v) is 38.3. The highest BCUT2D eigenvalue weighted by Crippen LogP contribution is 2.19. The molecule has 84 heavy (non-hydrogen) atoms. The molecular formula is C78H149NO5. The summed E-state index contributed by atoms with van der Waals surface area (Å²) >= 11 is 0. The predicted molar refractivity (Wildman–Crippen MR) is 370 cm³/mol. The van der Waals surface area contributed by atoms with E-state index >= 15 is 0 Å². The largest absolute Gasteiger partial charge is 0.466 e. The lowest BCUT2D eigenvalue weighted by Gasteiger charge is -2.20. The number of nitrogens with one attached hydrogen (secondary N) is 1. The van der Waals surface area contributed by atoms with Gasteiger partial charge < -0.3 is 20.3 Å². The summed E-state index contributed by atoms with van der Waals surface area (Å²) in [6, 6.07) is -0.627. The maximum absolute atomic E-state index is 12.5. The van der Waals surface area contributed by atoms with Crippen LogP contribution in [0.25, 0.3) is 0 Å². The van der Waals surface area contributed by atoms with Crippen molar-refractivity contribution in [2.24, 2.45) is 0 Å². The van der Waals surface area contributed by atoms with Gasteiger partial charge in [0.05, 0.1) is 25.4 Å². The van der Waals surface area contributed by atoms with Crippen molar-refractivity contribution in [2.75, 3.05) is 13.2 Å². The van der Waals surface area contributed by atoms with Crippen LogP contribution < -0.4 is 5.32 Å². The average Bonchev–Trinajstić information content (AvgIpc) is 3.51. The fourth-order valence-electron chi connectivity index (χ4n) is 12.1. The van der Waals surface area contributed by atoms with Crippen LogP contribution in [-0.2, 0) is 14.3 Å². The van der Waals surface area contributed by atoms with Crippen molar-refractivity contribution in [1.82, 2.24) is 5.32 Å². The second kappa shape index (κ2) is 73.5. The zero-order valence-electron chi connectivity index (χ0n) is 56.9. The molecule has 0 aromatic carbocycles. The van der Waals surface area contributed by atoms with Crippen LogP contribution >= 0.6 is 0 Å². The SMILES string of the molecule is CCCCCC/C=C\C/C=C\CCCCCCCCCC(=O)OCCCCCCCCCCCCCCCCCCCCCCCCCCCCCC(=O)NC(CO)C(O)/C=C/CCCCCCCCCCCCCCCCCCCCCC. The zero-order valence-corrected chi connectivity index (χ0v) is 56.9. The molecule has 0 aromatic rings. The van der Waals surface area contributed by atoms with Crippen molar-refractivity contribution >= 4 is 11.9 Å². The maximum atomic E-state index is 12.5. The number of allylic oxidation sites excluding steroid dienone is 5. The minimum Gasteiger partial charge on any atom is -0.466 e. The monoisotopic (exact) mass is 1180 g/mol. The number of aliphatic hydroxyl groups is 2. The molecule has 6 nitrogen and oxygen atoms in total. The third-order valence-corrected chi connectivity index (χ3v) is 17.9. The molecule has 496 valence electrons. The number of carbonyl (C=O) groups is 2. The second-order valence-electron chi connectivity index (χ2n) is 26.3. The number of amides is 1. The number of ether oxygens (including phenoxy) is 1. The molecule has 0 saturated heterocycles. The molecule has 0 aliphatic rings. The number of esters is 1. The number of aliphatic hydroxyl groups excluding tert-OH is 2. The Hall–Kier alpha value is -1.92. The van der Waals surface area contributed by atoms with Crippen LogP contribution in [0.2, 0.25) is 0 Å². The molecule has 0 aromatic heterocycles. The number of hydrogen-bond donors (Lipinski definition) is 3. The van der Waals surface area contributed by atoms with E-state index in [0.717, 1.165) is 51.4 Å². The van der Waals surface area contributed by atoms with Gasteiger partial charge in [-0.05, 0) is 64.2 Å². The van der Waals surface area contributed by atoms with Crippen LogP contribution in [0, 0.1) is 0 Å². The molecule has 3 N–H and O–H groups in total. The van der Waals surface area contributed by atoms with Gasteiger partial charge in [-0.15, -0.1) is 0 Å². The number of rotatable bonds is 72. The highest BCUT2D eigenvalue weighted by Gasteiger charge is 2.18. The quantitative estimate of drug-likeness (QED) is 0.0320. The second-order valence-corrected chi connectivity index (χ2v) is 26.3. The van der Waals surface area contributed by atoms with Crippen molar-refractivity contribution in [3.8, 4) is 0 Å². The predicted octanol–water partition coefficient (Wildman–Crippen LogP) is 25.0. The van der Waals surface area contributed by atoms with Gasteiger partial charge in [0.1, 0.15) is 0 Å². The standard InChI is InChI=1S/C78H149NO5/c1-3-5-7-9-11-13-15-17-19-21-23-24-32-35-38-42-46-50-54-58-62-66-70-76(81)75(74-80)79-77(82)71-67-63-59-55-51-47-43-39-36-33-30-28-26-25-27-29-31-34-37-41-45-49-53-57-61-65-69-73-84-78(83)72-68-64-60-56-52-48-44-40-22-20-18-16-14-12-10-8-6-4-2/h14,16,20,22,66,70,75-76,80-81H,3-13,15,17-19,21,23-65,67-69,71-74H2,1-2H3,(H,79,82)/b16-14-,22-20-,70-66+. The fraction of sp³-hybridized carbons (Fsp3) is 0.897. The van der Waals surface area contributed by atoms with E-state index in [-0.39, 0.29) is 18.5 Å². The number of unbranched alkanes of at least 4 members (excludes halogenated alkanes) is 57. The molecule has 1 amide bonds. The first-order chi connectivity index (χ1) is 41.5. The molecule has 0 rings (SSSR count). The van der Waals surface area contributed by atoms with E-state index in [1.54, 1.807) is 6.08 Å². The van der Waals surface area contributed by atoms with Crippen LogP contribution in [0.5, 0.6) is 0 Å². The lowest BCUT2D eigenvalue weighted by Crippen LogP contribution is -2.45. The molecule has 0 spiro atoms. The van der Waals surface area contributed by atoms with E-state index in [2.05, 4.69) is 43.5 Å². The van der Waals surface area contributed by atoms with Crippen LogP contribution in [0.4, 0.5) is 0 Å². The Morgan fingerprint density at radius 1 is 0.333 bits per heavy atom. The first-order valence-electron chi connectivity index (χ1n) is 38.3. The van der Waals surface area contributed by atoms with Gasteiger partial charge in [0.2, 0.25) is 5.91 Å². The topological polar surface area (TPSA) is 95.9 Å². The number of hydrogen-bond acceptors (Lipinski definition) is 5. The van der Waals surface area contributed by atoms with E-state index in [9.17, 15) is 19.8 Å². The summed E-state index contributed by atoms with van der Waals surface area (Å²) < 4.78 is 5.51. The Bertz CT molecular complexity index is 1360. The van der Waals surface area contributed by atoms with E-state index < -0.39 is 12.1 Å². The minimum atomic E-state index is -0.844. The van der Waals surface area contributed by atoms with Crippen molar-refractivity contribution in [2.45, 2.75) is 437 Å².